The van der Waals surface area contributed by atoms with Gasteiger partial charge in [-0.05, 0) is 63.4 Å². The predicted molar refractivity (Wildman–Crippen MR) is 185 cm³/mol. The topological polar surface area (TPSA) is 24.7 Å². The van der Waals surface area contributed by atoms with E-state index in [0.29, 0.717) is 0 Å². The molecule has 5 heteroatoms. The molecule has 2 heterocycles. The van der Waals surface area contributed by atoms with Crippen molar-refractivity contribution in [3.05, 3.63) is 169 Å². The highest BCUT2D eigenvalue weighted by atomic mass is 16.6. The Morgan fingerprint density at radius 3 is 1.64 bits per heavy atom. The van der Waals surface area contributed by atoms with Crippen molar-refractivity contribution in [2.45, 2.75) is 0 Å². The number of rotatable bonds is 3. The third kappa shape index (κ3) is 3.77. The Morgan fingerprint density at radius 1 is 0.511 bits per heavy atom. The number of para-hydroxylation sites is 1. The first kappa shape index (κ1) is 25.7. The van der Waals surface area contributed by atoms with Crippen molar-refractivity contribution in [2.75, 3.05) is 12.1 Å². The lowest BCUT2D eigenvalue weighted by atomic mass is 9.64. The van der Waals surface area contributed by atoms with E-state index in [1.165, 1.54) is 0 Å². The zero-order valence-electron chi connectivity index (χ0n) is 24.8. The summed E-state index contributed by atoms with van der Waals surface area (Å²) in [4.78, 5) is 0. The maximum absolute atomic E-state index is 7.48. The normalized spacial score (nSPS) is 14.3. The lowest BCUT2D eigenvalue weighted by Gasteiger charge is -2.37. The summed E-state index contributed by atoms with van der Waals surface area (Å²) >= 11 is 0. The first-order valence-electron chi connectivity index (χ1n) is 15.4. The summed E-state index contributed by atoms with van der Waals surface area (Å²) in [5, 5.41) is 6.75. The van der Waals surface area contributed by atoms with Gasteiger partial charge in [-0.15, -0.1) is 0 Å². The van der Waals surface area contributed by atoms with Crippen molar-refractivity contribution >= 4 is 45.1 Å². The van der Waals surface area contributed by atoms with Crippen LogP contribution in [0.15, 0.2) is 158 Å². The molecule has 0 saturated carbocycles. The number of hydrazine groups is 1. The molecule has 7 aromatic rings. The highest BCUT2D eigenvalue weighted by Crippen LogP contribution is 2.49. The Balaban J connectivity index is 1.43. The van der Waals surface area contributed by atoms with E-state index in [0.717, 1.165) is 72.2 Å². The Bertz CT molecular complexity index is 2210. The molecule has 0 aliphatic carbocycles. The maximum Gasteiger partial charge on any atom is 0.708 e. The molecule has 0 radical (unpaired) electrons. The molecule has 2 aliphatic rings. The molecule has 0 aromatic heterocycles. The van der Waals surface area contributed by atoms with Crippen molar-refractivity contribution < 1.29 is 13.9 Å². The molecule has 2 aliphatic heterocycles. The van der Waals surface area contributed by atoms with E-state index in [-0.39, 0.29) is 0 Å². The summed E-state index contributed by atoms with van der Waals surface area (Å²) in [6.07, 6.45) is 0. The van der Waals surface area contributed by atoms with Crippen LogP contribution in [0, 0.1) is 0 Å². The fourth-order valence-electron chi connectivity index (χ4n) is 7.30. The third-order valence-electron chi connectivity index (χ3n) is 9.27. The summed E-state index contributed by atoms with van der Waals surface area (Å²) in [6.45, 7) is -2.36. The van der Waals surface area contributed by atoms with Crippen LogP contribution in [0.2, 0.25) is 0 Å². The second kappa shape index (κ2) is 9.86. The first-order valence-corrected chi connectivity index (χ1v) is 15.4. The van der Waals surface area contributed by atoms with E-state index >= 15 is 0 Å². The van der Waals surface area contributed by atoms with Crippen LogP contribution < -0.4 is 19.8 Å². The minimum atomic E-state index is -2.36. The Morgan fingerprint density at radius 2 is 1.02 bits per heavy atom. The Kier molecular flexibility index (Phi) is 5.63. The third-order valence-corrected chi connectivity index (χ3v) is 9.27. The van der Waals surface area contributed by atoms with Crippen LogP contribution in [0.1, 0.15) is 11.1 Å². The highest BCUT2D eigenvalue weighted by Gasteiger charge is 2.61. The van der Waals surface area contributed by atoms with Crippen LogP contribution in [0.25, 0.3) is 32.7 Å². The molecule has 0 atom stereocenters. The summed E-state index contributed by atoms with van der Waals surface area (Å²) in [5.74, 6) is 1.58. The lowest BCUT2D eigenvalue weighted by molar-refractivity contribution is -0.432. The molecule has 214 valence electrons. The molecule has 4 nitrogen and oxygen atoms in total. The summed E-state index contributed by atoms with van der Waals surface area (Å²) < 4.78 is 17.2. The molecule has 0 saturated heterocycles. The second-order valence-electron chi connectivity index (χ2n) is 11.7. The number of benzene rings is 7. The number of hydrogen-bond acceptors (Lipinski definition) is 3. The van der Waals surface area contributed by atoms with Gasteiger partial charge in [-0.25, -0.2) is 9.60 Å². The Hall–Kier alpha value is -5.81. The number of hydrazone groups is 1. The van der Waals surface area contributed by atoms with Crippen LogP contribution in [0.3, 0.4) is 0 Å². The van der Waals surface area contributed by atoms with E-state index in [2.05, 4.69) is 168 Å². The van der Waals surface area contributed by atoms with Crippen molar-refractivity contribution in [3.8, 4) is 22.6 Å². The molecule has 0 amide bonds. The van der Waals surface area contributed by atoms with Gasteiger partial charge in [0.25, 0.3) is 0 Å². The molecule has 0 fully saturated rings. The van der Waals surface area contributed by atoms with Gasteiger partial charge in [0.15, 0.2) is 5.71 Å². The largest absolute Gasteiger partial charge is 0.708 e. The SMILES string of the molecule is CN(c1ccccc1)[N+]1=C(c2ccccc2)c2ccccc2[B-]12Oc1ccc3ccccc3c1-c1c(ccc3ccccc13)O2. The monoisotopic (exact) mass is 580 g/mol. The fraction of sp³-hybridized carbons (Fsp3) is 0.0250. The standard InChI is InChI=1S/C40H29BN2O2/c1-42(31-18-6-3-7-19-31)43-40(30-16-4-2-5-17-30)34-22-12-13-23-35(34)41(43)44-36-26-24-28-14-8-10-20-32(28)38(36)39-33-21-11-9-15-29(33)25-27-37(39)45-41/h2-27H,1H3. The molecule has 45 heavy (non-hydrogen) atoms. The molecule has 1 spiro atoms. The average Bonchev–Trinajstić information content (AvgIpc) is 3.27. The van der Waals surface area contributed by atoms with E-state index in [9.17, 15) is 0 Å². The Labute approximate surface area is 262 Å². The van der Waals surface area contributed by atoms with Gasteiger partial charge >= 0.3 is 6.69 Å². The van der Waals surface area contributed by atoms with Gasteiger partial charge in [0.1, 0.15) is 0 Å². The van der Waals surface area contributed by atoms with Gasteiger partial charge in [-0.2, -0.15) is 0 Å². The van der Waals surface area contributed by atoms with E-state index in [1.807, 2.05) is 6.07 Å². The van der Waals surface area contributed by atoms with E-state index < -0.39 is 6.69 Å². The minimum Gasteiger partial charge on any atom is -0.617 e. The molecule has 0 N–H and O–H groups in total. The number of anilines is 1. The molecular weight excluding hydrogens is 551 g/mol. The van der Waals surface area contributed by atoms with Crippen LogP contribution in [-0.4, -0.2) is 24.0 Å². The van der Waals surface area contributed by atoms with Crippen molar-refractivity contribution in [3.63, 3.8) is 0 Å². The molecule has 9 rings (SSSR count). The van der Waals surface area contributed by atoms with Gasteiger partial charge in [-0.1, -0.05) is 121 Å². The lowest BCUT2D eigenvalue weighted by Crippen LogP contribution is -2.69. The van der Waals surface area contributed by atoms with Gasteiger partial charge in [-0.3, -0.25) is 0 Å². The second-order valence-corrected chi connectivity index (χ2v) is 11.7. The highest BCUT2D eigenvalue weighted by molar-refractivity contribution is 6.79. The van der Waals surface area contributed by atoms with E-state index in [4.69, 9.17) is 9.31 Å². The summed E-state index contributed by atoms with van der Waals surface area (Å²) in [6, 6.07) is 55.1. The van der Waals surface area contributed by atoms with Gasteiger partial charge < -0.3 is 9.31 Å². The minimum absolute atomic E-state index is 0.791. The summed E-state index contributed by atoms with van der Waals surface area (Å²) in [5.41, 5.74) is 7.31. The van der Waals surface area contributed by atoms with E-state index in [1.54, 1.807) is 0 Å². The number of fused-ring (bicyclic) bond motifs is 9. The maximum atomic E-state index is 7.48. The number of hydrogen-bond donors (Lipinski definition) is 0. The quantitative estimate of drug-likeness (QED) is 0.197. The predicted octanol–water partition coefficient (Wildman–Crippen LogP) is 8.19. The van der Waals surface area contributed by atoms with Crippen LogP contribution >= 0.6 is 0 Å². The van der Waals surface area contributed by atoms with Crippen LogP contribution in [0.5, 0.6) is 11.5 Å². The molecule has 0 bridgehead atoms. The van der Waals surface area contributed by atoms with Gasteiger partial charge in [0.2, 0.25) is 0 Å². The van der Waals surface area contributed by atoms with Crippen molar-refractivity contribution in [1.82, 2.24) is 0 Å². The molecule has 7 aromatic carbocycles. The van der Waals surface area contributed by atoms with Crippen molar-refractivity contribution in [2.24, 2.45) is 0 Å². The first-order chi connectivity index (χ1) is 22.2. The van der Waals surface area contributed by atoms with Crippen molar-refractivity contribution in [1.29, 1.82) is 0 Å². The van der Waals surface area contributed by atoms with Crippen LogP contribution in [-0.2, 0) is 0 Å². The summed E-state index contributed by atoms with van der Waals surface area (Å²) in [7, 11) is 2.09. The number of nitrogens with zero attached hydrogens (tertiary/aromatic N) is 2. The van der Waals surface area contributed by atoms with Gasteiger partial charge in [0.05, 0.1) is 24.2 Å². The zero-order chi connectivity index (χ0) is 30.0. The van der Waals surface area contributed by atoms with Crippen LogP contribution in [0.4, 0.5) is 5.69 Å². The fourth-order valence-corrected chi connectivity index (χ4v) is 7.30. The van der Waals surface area contributed by atoms with Gasteiger partial charge in [0, 0.05) is 22.3 Å². The molecular formula is C40H29BN2O2. The molecule has 0 unspecified atom stereocenters. The average molecular weight is 580 g/mol. The zero-order valence-corrected chi connectivity index (χ0v) is 24.8. The smallest absolute Gasteiger partial charge is 0.617 e.